The summed E-state index contributed by atoms with van der Waals surface area (Å²) < 4.78 is 37.1. The lowest BCUT2D eigenvalue weighted by molar-refractivity contribution is -0.144. The Kier molecular flexibility index (Phi) is 8.92. The Bertz CT molecular complexity index is 1270. The smallest absolute Gasteiger partial charge is 0.306 e. The quantitative estimate of drug-likeness (QED) is 0.274. The molecule has 2 aromatic carbocycles. The average molecular weight is 517 g/mol. The first-order valence-electron chi connectivity index (χ1n) is 10.6. The molecule has 3 N–H and O–H groups in total. The van der Waals surface area contributed by atoms with E-state index in [9.17, 15) is 18.0 Å². The van der Waals surface area contributed by atoms with Crippen LogP contribution >= 0.6 is 12.2 Å². The molecular formula is C23H24N4O6S2. The lowest BCUT2D eigenvalue weighted by atomic mass is 10.2. The molecule has 10 nitrogen and oxygen atoms in total. The van der Waals surface area contributed by atoms with Gasteiger partial charge in [-0.15, -0.1) is 0 Å². The third-order valence-electron chi connectivity index (χ3n) is 4.60. The van der Waals surface area contributed by atoms with Gasteiger partial charge in [-0.25, -0.2) is 8.42 Å². The van der Waals surface area contributed by atoms with Crippen LogP contribution in [0.1, 0.15) is 24.2 Å². The van der Waals surface area contributed by atoms with E-state index in [1.165, 1.54) is 30.3 Å². The molecule has 3 rings (SSSR count). The fraction of sp³-hybridized carbons (Fsp3) is 0.217. The summed E-state index contributed by atoms with van der Waals surface area (Å²) in [5.74, 6) is -0.374. The predicted octanol–water partition coefficient (Wildman–Crippen LogP) is 3.16. The number of ether oxygens (including phenoxy) is 1. The molecular weight excluding hydrogens is 492 g/mol. The number of carbonyl (C=O) groups excluding carboxylic acids is 2. The van der Waals surface area contributed by atoms with Crippen LogP contribution in [0.25, 0.3) is 0 Å². The molecule has 0 aliphatic heterocycles. The molecule has 0 radical (unpaired) electrons. The lowest BCUT2D eigenvalue weighted by Gasteiger charge is -2.11. The number of sulfonamides is 1. The van der Waals surface area contributed by atoms with E-state index < -0.39 is 21.9 Å². The summed E-state index contributed by atoms with van der Waals surface area (Å²) in [7, 11) is -3.85. The van der Waals surface area contributed by atoms with E-state index in [1.807, 2.05) is 30.3 Å². The number of carbonyl (C=O) groups is 2. The Labute approximate surface area is 208 Å². The molecule has 0 saturated carbocycles. The number of amides is 1. The highest BCUT2D eigenvalue weighted by Gasteiger charge is 2.16. The molecule has 184 valence electrons. The first-order valence-corrected chi connectivity index (χ1v) is 12.5. The van der Waals surface area contributed by atoms with Crippen LogP contribution in [0.4, 0.5) is 11.5 Å². The summed E-state index contributed by atoms with van der Waals surface area (Å²) in [4.78, 5) is 23.9. The van der Waals surface area contributed by atoms with Crippen molar-refractivity contribution < 1.29 is 27.3 Å². The summed E-state index contributed by atoms with van der Waals surface area (Å²) in [5, 5.41) is 8.87. The molecule has 0 aliphatic rings. The Hall–Kier alpha value is -3.77. The molecule has 0 bridgehead atoms. The summed E-state index contributed by atoms with van der Waals surface area (Å²) in [6.45, 7) is 1.88. The van der Waals surface area contributed by atoms with Gasteiger partial charge >= 0.3 is 5.97 Å². The second kappa shape index (κ2) is 12.1. The van der Waals surface area contributed by atoms with Gasteiger partial charge in [-0.05, 0) is 49.0 Å². The maximum absolute atomic E-state index is 12.4. The average Bonchev–Trinajstić information content (AvgIpc) is 3.22. The largest absolute Gasteiger partial charge is 0.465 e. The third-order valence-corrected chi connectivity index (χ3v) is 6.17. The van der Waals surface area contributed by atoms with Crippen LogP contribution in [0.3, 0.4) is 0 Å². The first-order chi connectivity index (χ1) is 16.7. The number of benzene rings is 2. The van der Waals surface area contributed by atoms with Crippen molar-refractivity contribution in [2.45, 2.75) is 31.1 Å². The van der Waals surface area contributed by atoms with Gasteiger partial charge < -0.3 is 19.9 Å². The normalized spacial score (nSPS) is 10.9. The SMILES string of the molecule is Cc1cc(NS(=O)(=O)c2ccc(NC(=S)NC(=O)CCC(=O)OCCc3ccccc3)cc2)no1. The fourth-order valence-electron chi connectivity index (χ4n) is 2.90. The maximum Gasteiger partial charge on any atom is 0.306 e. The zero-order chi connectivity index (χ0) is 25.3. The Morgan fingerprint density at radius 2 is 1.77 bits per heavy atom. The van der Waals surface area contributed by atoms with Crippen LogP contribution in [0.15, 0.2) is 70.1 Å². The Balaban J connectivity index is 1.39. The van der Waals surface area contributed by atoms with Crippen molar-refractivity contribution in [3.8, 4) is 0 Å². The standard InChI is InChI=1S/C23H24N4O6S2/c1-16-15-20(26-33-16)27-35(30,31)19-9-7-18(8-10-19)24-23(34)25-21(28)11-12-22(29)32-14-13-17-5-3-2-4-6-17/h2-10,15H,11-14H2,1H3,(H,26,27)(H2,24,25,28,34). The number of anilines is 2. The summed E-state index contributed by atoms with van der Waals surface area (Å²) in [6, 6.07) is 16.8. The molecule has 1 heterocycles. The number of esters is 1. The van der Waals surface area contributed by atoms with E-state index in [2.05, 4.69) is 20.5 Å². The van der Waals surface area contributed by atoms with Crippen LogP contribution in [0.2, 0.25) is 0 Å². The molecule has 12 heteroatoms. The fourth-order valence-corrected chi connectivity index (χ4v) is 4.11. The van der Waals surface area contributed by atoms with E-state index in [4.69, 9.17) is 21.5 Å². The summed E-state index contributed by atoms with van der Waals surface area (Å²) in [5.41, 5.74) is 1.52. The van der Waals surface area contributed by atoms with Crippen LogP contribution in [-0.2, 0) is 30.8 Å². The van der Waals surface area contributed by atoms with Crippen molar-refractivity contribution in [2.75, 3.05) is 16.6 Å². The predicted molar refractivity (Wildman–Crippen MR) is 133 cm³/mol. The van der Waals surface area contributed by atoms with Crippen molar-refractivity contribution in [1.29, 1.82) is 0 Å². The molecule has 1 aromatic heterocycles. The van der Waals surface area contributed by atoms with Crippen molar-refractivity contribution in [3.63, 3.8) is 0 Å². The van der Waals surface area contributed by atoms with Gasteiger partial charge in [0.2, 0.25) is 5.91 Å². The van der Waals surface area contributed by atoms with Crippen LogP contribution in [0, 0.1) is 6.92 Å². The maximum atomic E-state index is 12.4. The van der Waals surface area contributed by atoms with Gasteiger partial charge in [-0.3, -0.25) is 14.3 Å². The molecule has 0 atom stereocenters. The second-order valence-electron chi connectivity index (χ2n) is 7.41. The van der Waals surface area contributed by atoms with Crippen LogP contribution < -0.4 is 15.4 Å². The van der Waals surface area contributed by atoms with E-state index in [0.29, 0.717) is 17.9 Å². The third kappa shape index (κ3) is 8.50. The highest BCUT2D eigenvalue weighted by molar-refractivity contribution is 7.92. The van der Waals surface area contributed by atoms with E-state index >= 15 is 0 Å². The monoisotopic (exact) mass is 516 g/mol. The highest BCUT2D eigenvalue weighted by Crippen LogP contribution is 2.18. The molecule has 3 aromatic rings. The zero-order valence-corrected chi connectivity index (χ0v) is 20.4. The van der Waals surface area contributed by atoms with Crippen molar-refractivity contribution in [1.82, 2.24) is 10.5 Å². The minimum absolute atomic E-state index is 0.00411. The van der Waals surface area contributed by atoms with Gasteiger partial charge in [0.25, 0.3) is 10.0 Å². The number of rotatable bonds is 10. The van der Waals surface area contributed by atoms with E-state index in [1.54, 1.807) is 6.92 Å². The van der Waals surface area contributed by atoms with Crippen molar-refractivity contribution in [2.24, 2.45) is 0 Å². The Morgan fingerprint density at radius 1 is 1.06 bits per heavy atom. The van der Waals surface area contributed by atoms with Gasteiger partial charge in [0, 0.05) is 24.6 Å². The van der Waals surface area contributed by atoms with Crippen molar-refractivity contribution in [3.05, 3.63) is 72.0 Å². The number of nitrogens with zero attached hydrogens (tertiary/aromatic N) is 1. The number of thiocarbonyl (C=S) groups is 1. The number of aromatic nitrogens is 1. The Morgan fingerprint density at radius 3 is 2.43 bits per heavy atom. The lowest BCUT2D eigenvalue weighted by Crippen LogP contribution is -2.34. The van der Waals surface area contributed by atoms with Crippen molar-refractivity contribution >= 4 is 50.7 Å². The molecule has 0 fully saturated rings. The topological polar surface area (TPSA) is 140 Å². The number of hydrogen-bond donors (Lipinski definition) is 3. The zero-order valence-electron chi connectivity index (χ0n) is 18.8. The summed E-state index contributed by atoms with van der Waals surface area (Å²) in [6.07, 6.45) is 0.438. The minimum atomic E-state index is -3.85. The van der Waals surface area contributed by atoms with Crippen LogP contribution in [-0.4, -0.2) is 37.2 Å². The number of aryl methyl sites for hydroxylation is 1. The molecule has 0 saturated heterocycles. The minimum Gasteiger partial charge on any atom is -0.465 e. The molecule has 0 unspecified atom stereocenters. The number of hydrogen-bond acceptors (Lipinski definition) is 8. The molecule has 0 aliphatic carbocycles. The van der Waals surface area contributed by atoms with Gasteiger partial charge in [0.15, 0.2) is 10.9 Å². The van der Waals surface area contributed by atoms with Gasteiger partial charge in [0.1, 0.15) is 5.76 Å². The van der Waals surface area contributed by atoms with Gasteiger partial charge in [-0.1, -0.05) is 35.5 Å². The molecule has 35 heavy (non-hydrogen) atoms. The van der Waals surface area contributed by atoms with Gasteiger partial charge in [0.05, 0.1) is 17.9 Å². The second-order valence-corrected chi connectivity index (χ2v) is 9.50. The first kappa shape index (κ1) is 25.8. The highest BCUT2D eigenvalue weighted by atomic mass is 32.2. The van der Waals surface area contributed by atoms with E-state index in [0.717, 1.165) is 5.56 Å². The molecule has 0 spiro atoms. The van der Waals surface area contributed by atoms with Crippen LogP contribution in [0.5, 0.6) is 0 Å². The van der Waals surface area contributed by atoms with E-state index in [-0.39, 0.29) is 35.3 Å². The number of nitrogens with one attached hydrogen (secondary N) is 3. The summed E-state index contributed by atoms with van der Waals surface area (Å²) >= 11 is 5.10. The molecule has 1 amide bonds. The van der Waals surface area contributed by atoms with Gasteiger partial charge in [-0.2, -0.15) is 0 Å².